The van der Waals surface area contributed by atoms with Crippen molar-refractivity contribution < 1.29 is 26.4 Å². The molecule has 0 saturated carbocycles. The van der Waals surface area contributed by atoms with Crippen LogP contribution in [0.5, 0.6) is 0 Å². The fourth-order valence-corrected chi connectivity index (χ4v) is 1.79. The molecule has 2 aromatic heterocycles. The van der Waals surface area contributed by atoms with Crippen LogP contribution in [-0.4, -0.2) is 23.7 Å². The number of rotatable bonds is 1. The van der Waals surface area contributed by atoms with Crippen LogP contribution in [-0.2, 0) is 7.05 Å². The molecule has 0 aliphatic carbocycles. The van der Waals surface area contributed by atoms with E-state index in [1.165, 1.54) is 0 Å². The lowest BCUT2D eigenvalue weighted by Gasteiger charge is -1.95. The molecule has 2 aromatic rings. The third-order valence-corrected chi connectivity index (χ3v) is 2.73. The summed E-state index contributed by atoms with van der Waals surface area (Å²) in [5.74, 6) is 0.925. The quantitative estimate of drug-likeness (QED) is 0.265. The Balaban J connectivity index is 0.000000280. The van der Waals surface area contributed by atoms with Crippen LogP contribution in [0.2, 0.25) is 0 Å². The maximum Gasteiger partial charge on any atom is 0.673 e. The summed E-state index contributed by atoms with van der Waals surface area (Å²) >= 11 is 1.60. The monoisotopic (exact) mass is 283 g/mol. The number of hydrogen-bond acceptors (Lipinski definition) is 4. The zero-order chi connectivity index (χ0) is 13.9. The second-order valence-electron chi connectivity index (χ2n) is 3.27. The van der Waals surface area contributed by atoms with Crippen molar-refractivity contribution in [2.24, 2.45) is 7.05 Å². The number of halogens is 4. The molecular formula is C8H10BF4N3OS. The van der Waals surface area contributed by atoms with E-state index in [9.17, 15) is 17.3 Å². The summed E-state index contributed by atoms with van der Waals surface area (Å²) in [7, 11) is -4.08. The summed E-state index contributed by atoms with van der Waals surface area (Å²) in [4.78, 5) is 4.42. The average molecular weight is 283 g/mol. The Labute approximate surface area is 104 Å². The van der Waals surface area contributed by atoms with Crippen molar-refractivity contribution in [3.05, 3.63) is 12.0 Å². The van der Waals surface area contributed by atoms with Crippen molar-refractivity contribution >= 4 is 30.1 Å². The molecule has 10 heteroatoms. The summed E-state index contributed by atoms with van der Waals surface area (Å²) in [5, 5.41) is 5.70. The molecule has 4 nitrogen and oxygen atoms in total. The predicted molar refractivity (Wildman–Crippen MR) is 59.7 cm³/mol. The minimum absolute atomic E-state index is 0.775. The zero-order valence-electron chi connectivity index (χ0n) is 9.82. The number of nitrogens with zero attached hydrogens (tertiary/aromatic N) is 3. The van der Waals surface area contributed by atoms with Crippen molar-refractivity contribution in [2.45, 2.75) is 11.9 Å². The largest absolute Gasteiger partial charge is 0.673 e. The minimum Gasteiger partial charge on any atom is -0.418 e. The van der Waals surface area contributed by atoms with Crippen molar-refractivity contribution in [3.8, 4) is 0 Å². The Morgan fingerprint density at radius 3 is 2.39 bits per heavy atom. The number of aromatic nitrogens is 3. The van der Waals surface area contributed by atoms with Crippen LogP contribution in [0.3, 0.4) is 0 Å². The molecule has 100 valence electrons. The Bertz CT molecular complexity index is 539. The summed E-state index contributed by atoms with van der Waals surface area (Å²) < 4.78 is 46.0. The van der Waals surface area contributed by atoms with Gasteiger partial charge in [0.25, 0.3) is 5.82 Å². The molecule has 2 rings (SSSR count). The van der Waals surface area contributed by atoms with Gasteiger partial charge in [-0.05, 0) is 11.2 Å². The summed E-state index contributed by atoms with van der Waals surface area (Å²) in [6.45, 7) is 1.95. The first kappa shape index (κ1) is 14.7. The first-order valence-electron chi connectivity index (χ1n) is 4.76. The molecule has 0 aliphatic heterocycles. The number of thioether (sulfide) groups is 1. The third kappa shape index (κ3) is 3.86. The molecule has 0 atom stereocenters. The van der Waals surface area contributed by atoms with Gasteiger partial charge in [-0.1, -0.05) is 16.9 Å². The zero-order valence-corrected chi connectivity index (χ0v) is 10.6. The maximum absolute atomic E-state index is 9.75. The number of hydrogen-bond donors (Lipinski definition) is 0. The Hall–Kier alpha value is -1.32. The molecule has 0 fully saturated rings. The molecule has 2 heterocycles. The van der Waals surface area contributed by atoms with E-state index in [2.05, 4.69) is 10.1 Å². The maximum atomic E-state index is 9.75. The van der Waals surface area contributed by atoms with Crippen molar-refractivity contribution in [3.63, 3.8) is 0 Å². The highest BCUT2D eigenvalue weighted by Gasteiger charge is 2.20. The van der Waals surface area contributed by atoms with E-state index >= 15 is 0 Å². The second kappa shape index (κ2) is 5.55. The van der Waals surface area contributed by atoms with Gasteiger partial charge in [0, 0.05) is 6.92 Å². The highest BCUT2D eigenvalue weighted by atomic mass is 32.2. The first-order chi connectivity index (χ1) is 8.24. The predicted octanol–water partition coefficient (Wildman–Crippen LogP) is 2.38. The lowest BCUT2D eigenvalue weighted by Crippen LogP contribution is -2.33. The molecule has 0 N–H and O–H groups in total. The fourth-order valence-electron chi connectivity index (χ4n) is 1.21. The van der Waals surface area contributed by atoms with E-state index in [1.54, 1.807) is 18.0 Å². The van der Waals surface area contributed by atoms with Gasteiger partial charge in [-0.15, -0.1) is 0 Å². The Kier molecular flexibility index (Phi) is 4.55. The van der Waals surface area contributed by atoms with E-state index in [0.29, 0.717) is 0 Å². The number of fused-ring (bicyclic) bond motifs is 1. The van der Waals surface area contributed by atoms with Gasteiger partial charge in [-0.2, -0.15) is 4.57 Å². The standard InChI is InChI=1S/C8H10N3OS.BF4/c1-5-10-7(13-3)6-4-9-12-8(6)11(5)2;2-1(3,4)5/h4H,1-3H3;/q+1;-1. The summed E-state index contributed by atoms with van der Waals surface area (Å²) in [6.07, 6.45) is 3.70. The molecule has 18 heavy (non-hydrogen) atoms. The average Bonchev–Trinajstić information content (AvgIpc) is 2.70. The lowest BCUT2D eigenvalue weighted by molar-refractivity contribution is -0.662. The van der Waals surface area contributed by atoms with Crippen LogP contribution < -0.4 is 4.57 Å². The molecule has 0 amide bonds. The van der Waals surface area contributed by atoms with Crippen LogP contribution in [0.1, 0.15) is 5.82 Å². The molecular weight excluding hydrogens is 273 g/mol. The third-order valence-electron chi connectivity index (χ3n) is 2.03. The summed E-state index contributed by atoms with van der Waals surface area (Å²) in [6, 6.07) is 0. The summed E-state index contributed by atoms with van der Waals surface area (Å²) in [5.41, 5.74) is 0.775. The smallest absolute Gasteiger partial charge is 0.418 e. The van der Waals surface area contributed by atoms with Gasteiger partial charge in [-0.25, -0.2) is 0 Å². The van der Waals surface area contributed by atoms with E-state index in [0.717, 1.165) is 22.0 Å². The minimum atomic E-state index is -6.00. The van der Waals surface area contributed by atoms with Crippen LogP contribution in [0.25, 0.3) is 11.1 Å². The van der Waals surface area contributed by atoms with E-state index in [4.69, 9.17) is 4.52 Å². The molecule has 0 bridgehead atoms. The van der Waals surface area contributed by atoms with Crippen molar-refractivity contribution in [1.29, 1.82) is 0 Å². The van der Waals surface area contributed by atoms with Crippen LogP contribution in [0, 0.1) is 6.92 Å². The van der Waals surface area contributed by atoms with E-state index in [-0.39, 0.29) is 0 Å². The Morgan fingerprint density at radius 2 is 1.89 bits per heavy atom. The fraction of sp³-hybridized carbons (Fsp3) is 0.375. The van der Waals surface area contributed by atoms with E-state index < -0.39 is 7.25 Å². The normalized spacial score (nSPS) is 11.3. The number of aryl methyl sites for hydroxylation is 2. The van der Waals surface area contributed by atoms with Gasteiger partial charge in [0.15, 0.2) is 0 Å². The molecule has 0 radical (unpaired) electrons. The molecule has 0 saturated heterocycles. The van der Waals surface area contributed by atoms with Gasteiger partial charge >= 0.3 is 13.0 Å². The van der Waals surface area contributed by atoms with Gasteiger partial charge in [0.1, 0.15) is 5.39 Å². The second-order valence-corrected chi connectivity index (χ2v) is 4.06. The molecule has 0 spiro atoms. The highest BCUT2D eigenvalue weighted by molar-refractivity contribution is 7.98. The highest BCUT2D eigenvalue weighted by Crippen LogP contribution is 2.21. The lowest BCUT2D eigenvalue weighted by atomic mass is 10.3. The van der Waals surface area contributed by atoms with Crippen molar-refractivity contribution in [1.82, 2.24) is 10.1 Å². The SMILES string of the molecule is CSc1nc(C)[n+](C)c2oncc12.F[B-](F)(F)F. The molecule has 0 aromatic carbocycles. The van der Waals surface area contributed by atoms with Crippen LogP contribution in [0.15, 0.2) is 15.7 Å². The molecule has 0 aliphatic rings. The van der Waals surface area contributed by atoms with Gasteiger partial charge < -0.3 is 21.8 Å². The Morgan fingerprint density at radius 1 is 1.33 bits per heavy atom. The van der Waals surface area contributed by atoms with E-state index in [1.807, 2.05) is 24.8 Å². The van der Waals surface area contributed by atoms with Crippen molar-refractivity contribution in [2.75, 3.05) is 6.26 Å². The van der Waals surface area contributed by atoms with Gasteiger partial charge in [0.05, 0.1) is 13.2 Å². The van der Waals surface area contributed by atoms with Gasteiger partial charge in [-0.3, -0.25) is 0 Å². The van der Waals surface area contributed by atoms with Crippen LogP contribution >= 0.6 is 11.8 Å². The van der Waals surface area contributed by atoms with Gasteiger partial charge in [0.2, 0.25) is 5.03 Å². The van der Waals surface area contributed by atoms with Crippen LogP contribution in [0.4, 0.5) is 17.3 Å². The molecule has 0 unspecified atom stereocenters. The first-order valence-corrected chi connectivity index (χ1v) is 5.99. The topological polar surface area (TPSA) is 42.8 Å².